The van der Waals surface area contributed by atoms with Crippen molar-refractivity contribution in [3.05, 3.63) is 59.2 Å². The van der Waals surface area contributed by atoms with Gasteiger partial charge in [-0.3, -0.25) is 19.3 Å². The first kappa shape index (κ1) is 20.5. The Morgan fingerprint density at radius 3 is 2.50 bits per heavy atom. The molecule has 0 aliphatic carbocycles. The van der Waals surface area contributed by atoms with E-state index in [0.717, 1.165) is 44.3 Å². The van der Waals surface area contributed by atoms with E-state index >= 15 is 0 Å². The molecule has 1 fully saturated rings. The molecule has 3 aliphatic heterocycles. The van der Waals surface area contributed by atoms with Crippen molar-refractivity contribution in [1.29, 1.82) is 0 Å². The molecule has 0 bridgehead atoms. The van der Waals surface area contributed by atoms with Crippen LogP contribution in [0.4, 0.5) is 5.69 Å². The summed E-state index contributed by atoms with van der Waals surface area (Å²) in [6.07, 6.45) is 3.98. The predicted molar refractivity (Wildman–Crippen MR) is 120 cm³/mol. The number of hydrogen-bond donors (Lipinski definition) is 0. The Morgan fingerprint density at radius 2 is 1.69 bits per heavy atom. The van der Waals surface area contributed by atoms with Crippen molar-refractivity contribution in [3.63, 3.8) is 0 Å². The van der Waals surface area contributed by atoms with E-state index in [-0.39, 0.29) is 30.9 Å². The highest BCUT2D eigenvalue weighted by Crippen LogP contribution is 2.34. The minimum absolute atomic E-state index is 0.0376. The van der Waals surface area contributed by atoms with E-state index in [9.17, 15) is 14.4 Å². The highest BCUT2D eigenvalue weighted by molar-refractivity contribution is 6.04. The number of rotatable bonds is 3. The summed E-state index contributed by atoms with van der Waals surface area (Å²) >= 11 is 0. The van der Waals surface area contributed by atoms with Gasteiger partial charge in [-0.15, -0.1) is 0 Å². The molecule has 3 amide bonds. The molecule has 166 valence electrons. The zero-order chi connectivity index (χ0) is 22.1. The number of likely N-dealkylation sites (tertiary alicyclic amines) is 1. The number of nitrogens with zero attached hydrogens (tertiary/aromatic N) is 3. The van der Waals surface area contributed by atoms with Crippen LogP contribution in [0.3, 0.4) is 0 Å². The topological polar surface area (TPSA) is 70.2 Å². The molecule has 1 saturated heterocycles. The highest BCUT2D eigenvalue weighted by atomic mass is 16.5. The first-order valence-corrected chi connectivity index (χ1v) is 11.3. The average molecular weight is 434 g/mol. The van der Waals surface area contributed by atoms with Crippen LogP contribution in [0, 0.1) is 0 Å². The number of anilines is 1. The average Bonchev–Trinajstić information content (AvgIpc) is 2.85. The van der Waals surface area contributed by atoms with E-state index < -0.39 is 0 Å². The number of piperidine rings is 1. The van der Waals surface area contributed by atoms with E-state index in [1.165, 1.54) is 10.5 Å². The molecule has 0 unspecified atom stereocenters. The summed E-state index contributed by atoms with van der Waals surface area (Å²) in [4.78, 5) is 43.9. The SMILES string of the molecule is O=C(CN1C(=O)COc2ccc(C(=O)N3CCCCC3)cc21)N1CCc2ccccc2C1. The Hall–Kier alpha value is -3.35. The molecule has 7 heteroatoms. The van der Waals surface area contributed by atoms with Crippen molar-refractivity contribution in [2.75, 3.05) is 37.7 Å². The van der Waals surface area contributed by atoms with E-state index in [1.54, 1.807) is 23.1 Å². The first-order chi connectivity index (χ1) is 15.6. The Bertz CT molecular complexity index is 1060. The standard InChI is InChI=1S/C25H27N3O4/c29-23(27-13-10-18-6-2-3-7-20(18)15-27)16-28-21-14-19(8-9-22(21)32-17-24(28)30)25(31)26-11-4-1-5-12-26/h2-3,6-9,14H,1,4-5,10-13,15-17H2. The molecule has 5 rings (SSSR count). The number of carbonyl (C=O) groups excluding carboxylic acids is 3. The molecule has 0 N–H and O–H groups in total. The lowest BCUT2D eigenvalue weighted by Gasteiger charge is -2.34. The number of benzene rings is 2. The Morgan fingerprint density at radius 1 is 0.906 bits per heavy atom. The smallest absolute Gasteiger partial charge is 0.265 e. The lowest BCUT2D eigenvalue weighted by Crippen LogP contribution is -2.47. The highest BCUT2D eigenvalue weighted by Gasteiger charge is 2.31. The van der Waals surface area contributed by atoms with Crippen molar-refractivity contribution >= 4 is 23.4 Å². The number of amides is 3. The van der Waals surface area contributed by atoms with Crippen LogP contribution in [0.2, 0.25) is 0 Å². The summed E-state index contributed by atoms with van der Waals surface area (Å²) in [6, 6.07) is 13.3. The fourth-order valence-corrected chi connectivity index (χ4v) is 4.73. The second-order valence-electron chi connectivity index (χ2n) is 8.64. The third-order valence-electron chi connectivity index (χ3n) is 6.57. The first-order valence-electron chi connectivity index (χ1n) is 11.3. The summed E-state index contributed by atoms with van der Waals surface area (Å²) in [5, 5.41) is 0. The van der Waals surface area contributed by atoms with Gasteiger partial charge in [-0.25, -0.2) is 0 Å². The fourth-order valence-electron chi connectivity index (χ4n) is 4.73. The molecule has 0 atom stereocenters. The molecule has 7 nitrogen and oxygen atoms in total. The van der Waals surface area contributed by atoms with Crippen LogP contribution < -0.4 is 9.64 Å². The van der Waals surface area contributed by atoms with Crippen LogP contribution in [0.25, 0.3) is 0 Å². The Balaban J connectivity index is 1.35. The maximum absolute atomic E-state index is 13.1. The van der Waals surface area contributed by atoms with Gasteiger partial charge < -0.3 is 14.5 Å². The largest absolute Gasteiger partial charge is 0.482 e. The fraction of sp³-hybridized carbons (Fsp3) is 0.400. The predicted octanol–water partition coefficient (Wildman–Crippen LogP) is 2.62. The van der Waals surface area contributed by atoms with Gasteiger partial charge in [-0.05, 0) is 55.0 Å². The molecule has 3 aliphatic rings. The maximum atomic E-state index is 13.1. The van der Waals surface area contributed by atoms with Crippen LogP contribution in [-0.2, 0) is 22.6 Å². The van der Waals surface area contributed by atoms with E-state index in [2.05, 4.69) is 6.07 Å². The second kappa shape index (κ2) is 8.65. The van der Waals surface area contributed by atoms with Crippen molar-refractivity contribution in [3.8, 4) is 5.75 Å². The molecule has 0 saturated carbocycles. The molecule has 2 aromatic rings. The normalized spacial score (nSPS) is 18.0. The van der Waals surface area contributed by atoms with Crippen LogP contribution in [0.1, 0.15) is 40.7 Å². The molecule has 0 spiro atoms. The van der Waals surface area contributed by atoms with Crippen LogP contribution in [0.15, 0.2) is 42.5 Å². The number of fused-ring (bicyclic) bond motifs is 2. The molecule has 2 aromatic carbocycles. The summed E-state index contributed by atoms with van der Waals surface area (Å²) < 4.78 is 5.58. The monoisotopic (exact) mass is 433 g/mol. The summed E-state index contributed by atoms with van der Waals surface area (Å²) in [7, 11) is 0. The van der Waals surface area contributed by atoms with E-state index in [0.29, 0.717) is 30.1 Å². The van der Waals surface area contributed by atoms with E-state index in [4.69, 9.17) is 4.74 Å². The third-order valence-corrected chi connectivity index (χ3v) is 6.57. The molecular formula is C25H27N3O4. The third kappa shape index (κ3) is 3.95. The second-order valence-corrected chi connectivity index (χ2v) is 8.64. The van der Waals surface area contributed by atoms with Gasteiger partial charge >= 0.3 is 0 Å². The number of hydrogen-bond acceptors (Lipinski definition) is 4. The van der Waals surface area contributed by atoms with Gasteiger partial charge in [-0.2, -0.15) is 0 Å². The van der Waals surface area contributed by atoms with Crippen molar-refractivity contribution in [1.82, 2.24) is 9.80 Å². The van der Waals surface area contributed by atoms with Crippen LogP contribution in [0.5, 0.6) is 5.75 Å². The zero-order valence-electron chi connectivity index (χ0n) is 18.1. The van der Waals surface area contributed by atoms with Gasteiger partial charge in [0.15, 0.2) is 6.61 Å². The Labute approximate surface area is 187 Å². The van der Waals surface area contributed by atoms with Gasteiger partial charge in [0.25, 0.3) is 11.8 Å². The van der Waals surface area contributed by atoms with Gasteiger partial charge in [0.2, 0.25) is 5.91 Å². The minimum atomic E-state index is -0.272. The Kier molecular flexibility index (Phi) is 5.55. The van der Waals surface area contributed by atoms with Gasteiger partial charge in [0, 0.05) is 31.7 Å². The minimum Gasteiger partial charge on any atom is -0.482 e. The van der Waals surface area contributed by atoms with Gasteiger partial charge in [0.1, 0.15) is 12.3 Å². The molecule has 0 aromatic heterocycles. The van der Waals surface area contributed by atoms with Gasteiger partial charge in [0.05, 0.1) is 5.69 Å². The summed E-state index contributed by atoms with van der Waals surface area (Å²) in [5.74, 6) is 0.111. The number of ether oxygens (including phenoxy) is 1. The summed E-state index contributed by atoms with van der Waals surface area (Å²) in [6.45, 7) is 2.53. The molecule has 0 radical (unpaired) electrons. The zero-order valence-corrected chi connectivity index (χ0v) is 18.1. The van der Waals surface area contributed by atoms with Gasteiger partial charge in [-0.1, -0.05) is 24.3 Å². The molecular weight excluding hydrogens is 406 g/mol. The van der Waals surface area contributed by atoms with Crippen LogP contribution in [-0.4, -0.2) is 60.3 Å². The van der Waals surface area contributed by atoms with E-state index in [1.807, 2.05) is 23.1 Å². The quantitative estimate of drug-likeness (QED) is 0.746. The summed E-state index contributed by atoms with van der Waals surface area (Å²) in [5.41, 5.74) is 3.43. The lowest BCUT2D eigenvalue weighted by molar-refractivity contribution is -0.132. The van der Waals surface area contributed by atoms with Crippen molar-refractivity contribution in [2.45, 2.75) is 32.2 Å². The molecule has 32 heavy (non-hydrogen) atoms. The number of carbonyl (C=O) groups is 3. The van der Waals surface area contributed by atoms with Crippen molar-refractivity contribution in [2.24, 2.45) is 0 Å². The lowest BCUT2D eigenvalue weighted by atomic mass is 10.00. The van der Waals surface area contributed by atoms with Crippen LogP contribution >= 0.6 is 0 Å². The maximum Gasteiger partial charge on any atom is 0.265 e. The van der Waals surface area contributed by atoms with Crippen molar-refractivity contribution < 1.29 is 19.1 Å². The molecule has 3 heterocycles.